The summed E-state index contributed by atoms with van der Waals surface area (Å²) in [4.78, 5) is 17.1. The Hall–Kier alpha value is -3.05. The third-order valence-corrected chi connectivity index (χ3v) is 5.14. The Morgan fingerprint density at radius 1 is 1.14 bits per heavy atom. The van der Waals surface area contributed by atoms with Crippen LogP contribution in [0, 0.1) is 0 Å². The second-order valence-corrected chi connectivity index (χ2v) is 7.17. The van der Waals surface area contributed by atoms with E-state index in [-0.39, 0.29) is 22.2 Å². The lowest BCUT2D eigenvalue weighted by atomic mass is 10.1. The summed E-state index contributed by atoms with van der Waals surface area (Å²) in [7, 11) is 0. The van der Waals surface area contributed by atoms with Crippen LogP contribution in [0.15, 0.2) is 52.4 Å². The average Bonchev–Trinajstić information content (AvgIpc) is 3.41. The summed E-state index contributed by atoms with van der Waals surface area (Å²) in [6.07, 6.45) is -4.54. The van der Waals surface area contributed by atoms with Crippen LogP contribution in [0.25, 0.3) is 22.0 Å². The van der Waals surface area contributed by atoms with Crippen LogP contribution in [0.5, 0.6) is 0 Å². The van der Waals surface area contributed by atoms with Crippen molar-refractivity contribution in [3.63, 3.8) is 0 Å². The third kappa shape index (κ3) is 3.66. The molecule has 28 heavy (non-hydrogen) atoms. The maximum Gasteiger partial charge on any atom is 0.417 e. The first-order valence-corrected chi connectivity index (χ1v) is 9.39. The van der Waals surface area contributed by atoms with E-state index in [0.717, 1.165) is 22.5 Å². The molecule has 0 saturated carbocycles. The number of hydrogen-bond donors (Lipinski definition) is 1. The topological polar surface area (TPSA) is 80.9 Å². The maximum absolute atomic E-state index is 13.2. The van der Waals surface area contributed by atoms with Gasteiger partial charge in [0.2, 0.25) is 5.13 Å². The molecule has 0 aliphatic carbocycles. The standard InChI is InChI=1S/C17H9F3N4O2S2/c18-17(19,20)10-5-2-1-4-9(10)14-21-16(28-24-14)22-15(25)11-8-12(26-23-11)13-6-3-7-27-13/h1-8H,(H,21,22,24,25). The Morgan fingerprint density at radius 2 is 1.96 bits per heavy atom. The number of nitrogens with one attached hydrogen (secondary N) is 1. The zero-order valence-corrected chi connectivity index (χ0v) is 15.4. The number of nitrogens with zero attached hydrogens (tertiary/aromatic N) is 3. The Kier molecular flexibility index (Phi) is 4.69. The van der Waals surface area contributed by atoms with Crippen molar-refractivity contribution in [2.45, 2.75) is 6.18 Å². The minimum Gasteiger partial charge on any atom is -0.355 e. The minimum absolute atomic E-state index is 0.0239. The maximum atomic E-state index is 13.2. The van der Waals surface area contributed by atoms with Gasteiger partial charge >= 0.3 is 6.18 Å². The van der Waals surface area contributed by atoms with Crippen LogP contribution in [0.1, 0.15) is 16.1 Å². The van der Waals surface area contributed by atoms with E-state index in [1.165, 1.54) is 35.6 Å². The van der Waals surface area contributed by atoms with Gasteiger partial charge in [0, 0.05) is 23.2 Å². The van der Waals surface area contributed by atoms with Gasteiger partial charge in [-0.15, -0.1) is 11.3 Å². The number of rotatable bonds is 4. The number of benzene rings is 1. The van der Waals surface area contributed by atoms with Crippen molar-refractivity contribution in [3.8, 4) is 22.0 Å². The number of carbonyl (C=O) groups is 1. The molecule has 142 valence electrons. The van der Waals surface area contributed by atoms with Gasteiger partial charge in [-0.2, -0.15) is 22.5 Å². The Labute approximate surface area is 163 Å². The number of aromatic nitrogens is 3. The second kappa shape index (κ2) is 7.17. The fourth-order valence-corrected chi connectivity index (χ4v) is 3.64. The van der Waals surface area contributed by atoms with Crippen LogP contribution in [0.3, 0.4) is 0 Å². The van der Waals surface area contributed by atoms with Crippen LogP contribution < -0.4 is 5.32 Å². The van der Waals surface area contributed by atoms with Gasteiger partial charge in [-0.3, -0.25) is 10.1 Å². The van der Waals surface area contributed by atoms with Gasteiger partial charge in [-0.05, 0) is 17.5 Å². The molecule has 0 saturated heterocycles. The zero-order valence-electron chi connectivity index (χ0n) is 13.7. The summed E-state index contributed by atoms with van der Waals surface area (Å²) in [6.45, 7) is 0. The van der Waals surface area contributed by atoms with Crippen LogP contribution in [-0.4, -0.2) is 20.4 Å². The molecule has 0 bridgehead atoms. The van der Waals surface area contributed by atoms with Crippen LogP contribution in [0.2, 0.25) is 0 Å². The molecule has 0 spiro atoms. The number of alkyl halides is 3. The predicted octanol–water partition coefficient (Wildman–Crippen LogP) is 5.19. The molecule has 4 rings (SSSR count). The van der Waals surface area contributed by atoms with Crippen LogP contribution in [-0.2, 0) is 6.18 Å². The summed E-state index contributed by atoms with van der Waals surface area (Å²) >= 11 is 2.21. The van der Waals surface area contributed by atoms with Gasteiger partial charge in [0.05, 0.1) is 10.4 Å². The van der Waals surface area contributed by atoms with Crippen molar-refractivity contribution in [2.75, 3.05) is 5.32 Å². The molecule has 3 aromatic heterocycles. The minimum atomic E-state index is -4.54. The summed E-state index contributed by atoms with van der Waals surface area (Å²) in [6, 6.07) is 10.1. The molecule has 1 aromatic carbocycles. The van der Waals surface area contributed by atoms with Crippen molar-refractivity contribution in [1.29, 1.82) is 0 Å². The third-order valence-electron chi connectivity index (χ3n) is 3.63. The molecule has 0 fully saturated rings. The molecular weight excluding hydrogens is 413 g/mol. The molecule has 11 heteroatoms. The SMILES string of the molecule is O=C(Nc1nc(-c2ccccc2C(F)(F)F)ns1)c1cc(-c2cccs2)on1. The molecule has 0 aliphatic heterocycles. The molecule has 0 radical (unpaired) electrons. The number of anilines is 1. The molecular formula is C17H9F3N4O2S2. The molecule has 1 N–H and O–H groups in total. The van der Waals surface area contributed by atoms with E-state index >= 15 is 0 Å². The highest BCUT2D eigenvalue weighted by molar-refractivity contribution is 7.13. The van der Waals surface area contributed by atoms with Crippen molar-refractivity contribution in [1.82, 2.24) is 14.5 Å². The quantitative estimate of drug-likeness (QED) is 0.489. The van der Waals surface area contributed by atoms with Crippen molar-refractivity contribution < 1.29 is 22.5 Å². The average molecular weight is 422 g/mol. The molecule has 4 aromatic rings. The van der Waals surface area contributed by atoms with Crippen molar-refractivity contribution >= 4 is 33.9 Å². The molecule has 0 atom stereocenters. The highest BCUT2D eigenvalue weighted by Gasteiger charge is 2.34. The van der Waals surface area contributed by atoms with Gasteiger partial charge in [0.25, 0.3) is 5.91 Å². The molecule has 0 unspecified atom stereocenters. The number of halogens is 3. The molecule has 6 nitrogen and oxygen atoms in total. The lowest BCUT2D eigenvalue weighted by Gasteiger charge is -2.09. The van der Waals surface area contributed by atoms with Crippen molar-refractivity contribution in [2.24, 2.45) is 0 Å². The van der Waals surface area contributed by atoms with E-state index in [1.807, 2.05) is 17.5 Å². The summed E-state index contributed by atoms with van der Waals surface area (Å²) in [5.74, 6) is -0.275. The van der Waals surface area contributed by atoms with E-state index in [9.17, 15) is 18.0 Å². The lowest BCUT2D eigenvalue weighted by molar-refractivity contribution is -0.137. The molecule has 1 amide bonds. The number of hydrogen-bond acceptors (Lipinski definition) is 7. The summed E-state index contributed by atoms with van der Waals surface area (Å²) in [5, 5.41) is 8.09. The van der Waals surface area contributed by atoms with Crippen molar-refractivity contribution in [3.05, 3.63) is 59.1 Å². The number of carbonyl (C=O) groups excluding carboxylic acids is 1. The van der Waals surface area contributed by atoms with Gasteiger partial charge in [0.1, 0.15) is 0 Å². The monoisotopic (exact) mass is 422 g/mol. The Bertz CT molecular complexity index is 1120. The van der Waals surface area contributed by atoms with Gasteiger partial charge in [-0.25, -0.2) is 0 Å². The van der Waals surface area contributed by atoms with E-state index in [2.05, 4.69) is 19.8 Å². The summed E-state index contributed by atoms with van der Waals surface area (Å²) < 4.78 is 48.5. The van der Waals surface area contributed by atoms with E-state index in [0.29, 0.717) is 5.76 Å². The first-order chi connectivity index (χ1) is 13.4. The van der Waals surface area contributed by atoms with Gasteiger partial charge < -0.3 is 4.52 Å². The zero-order chi connectivity index (χ0) is 19.7. The van der Waals surface area contributed by atoms with E-state index < -0.39 is 17.6 Å². The Balaban J connectivity index is 1.54. The van der Waals surface area contributed by atoms with Gasteiger partial charge in [0.15, 0.2) is 17.3 Å². The van der Waals surface area contributed by atoms with Gasteiger partial charge in [-0.1, -0.05) is 29.4 Å². The first-order valence-electron chi connectivity index (χ1n) is 7.74. The fraction of sp³-hybridized carbons (Fsp3) is 0.0588. The normalized spacial score (nSPS) is 11.5. The van der Waals surface area contributed by atoms with E-state index in [1.54, 1.807) is 0 Å². The van der Waals surface area contributed by atoms with Crippen LogP contribution >= 0.6 is 22.9 Å². The molecule has 3 heterocycles. The number of amides is 1. The fourth-order valence-electron chi connectivity index (χ4n) is 2.39. The highest BCUT2D eigenvalue weighted by Crippen LogP contribution is 2.36. The van der Waals surface area contributed by atoms with Crippen LogP contribution in [0.4, 0.5) is 18.3 Å². The Morgan fingerprint density at radius 3 is 2.71 bits per heavy atom. The lowest BCUT2D eigenvalue weighted by Crippen LogP contribution is -2.12. The summed E-state index contributed by atoms with van der Waals surface area (Å²) in [5.41, 5.74) is -0.980. The predicted molar refractivity (Wildman–Crippen MR) is 98.1 cm³/mol. The largest absolute Gasteiger partial charge is 0.417 e. The highest BCUT2D eigenvalue weighted by atomic mass is 32.1. The smallest absolute Gasteiger partial charge is 0.355 e. The number of thiophene rings is 1. The van der Waals surface area contributed by atoms with E-state index in [4.69, 9.17) is 4.52 Å². The second-order valence-electron chi connectivity index (χ2n) is 5.47. The molecule has 0 aliphatic rings. The first kappa shape index (κ1) is 18.3.